The van der Waals surface area contributed by atoms with E-state index in [9.17, 15) is 5.11 Å². The molecule has 1 aromatic carbocycles. The predicted octanol–water partition coefficient (Wildman–Crippen LogP) is 1.99. The van der Waals surface area contributed by atoms with Gasteiger partial charge in [-0.2, -0.15) is 0 Å². The van der Waals surface area contributed by atoms with Gasteiger partial charge in [-0.05, 0) is 31.5 Å². The molecule has 0 aromatic heterocycles. The largest absolute Gasteiger partial charge is 0.390 e. The molecule has 1 unspecified atom stereocenters. The van der Waals surface area contributed by atoms with E-state index in [2.05, 4.69) is 32.2 Å². The highest BCUT2D eigenvalue weighted by molar-refractivity contribution is 9.10. The summed E-state index contributed by atoms with van der Waals surface area (Å²) in [6, 6.07) is 8.87. The number of nitrogens with one attached hydrogen (secondary N) is 1. The van der Waals surface area contributed by atoms with Crippen molar-refractivity contribution in [3.63, 3.8) is 0 Å². The standard InChI is InChI=1S/C14H21BrN2O/c1-17(9-11-4-2-3-5-14(11)15)10-13(18)8-16-12-6-7-12/h2-5,12-13,16,18H,6-10H2,1H3. The van der Waals surface area contributed by atoms with Crippen molar-refractivity contribution in [2.45, 2.75) is 31.5 Å². The van der Waals surface area contributed by atoms with E-state index in [-0.39, 0.29) is 6.10 Å². The van der Waals surface area contributed by atoms with Crippen molar-refractivity contribution in [3.8, 4) is 0 Å². The fraction of sp³-hybridized carbons (Fsp3) is 0.571. The van der Waals surface area contributed by atoms with Gasteiger partial charge in [0, 0.05) is 30.1 Å². The van der Waals surface area contributed by atoms with E-state index in [1.807, 2.05) is 25.2 Å². The van der Waals surface area contributed by atoms with Crippen LogP contribution in [0.5, 0.6) is 0 Å². The van der Waals surface area contributed by atoms with E-state index in [0.717, 1.165) is 11.0 Å². The summed E-state index contributed by atoms with van der Waals surface area (Å²) >= 11 is 3.55. The van der Waals surface area contributed by atoms with Crippen molar-refractivity contribution < 1.29 is 5.11 Å². The molecule has 1 aliphatic carbocycles. The maximum absolute atomic E-state index is 9.93. The van der Waals surface area contributed by atoms with Crippen molar-refractivity contribution in [1.82, 2.24) is 10.2 Å². The molecular weight excluding hydrogens is 292 g/mol. The van der Waals surface area contributed by atoms with Gasteiger partial charge in [0.15, 0.2) is 0 Å². The molecule has 1 saturated carbocycles. The van der Waals surface area contributed by atoms with Gasteiger partial charge >= 0.3 is 0 Å². The van der Waals surface area contributed by atoms with Crippen LogP contribution in [-0.4, -0.2) is 42.3 Å². The Kier molecular flexibility index (Phi) is 5.18. The predicted molar refractivity (Wildman–Crippen MR) is 77.5 cm³/mol. The second kappa shape index (κ2) is 6.66. The topological polar surface area (TPSA) is 35.5 Å². The van der Waals surface area contributed by atoms with Crippen LogP contribution in [0.25, 0.3) is 0 Å². The van der Waals surface area contributed by atoms with Gasteiger partial charge in [-0.15, -0.1) is 0 Å². The first-order valence-electron chi connectivity index (χ1n) is 6.48. The van der Waals surface area contributed by atoms with Crippen LogP contribution in [0.3, 0.4) is 0 Å². The second-order valence-corrected chi connectivity index (χ2v) is 5.98. The summed E-state index contributed by atoms with van der Waals surface area (Å²) in [5.74, 6) is 0. The minimum absolute atomic E-state index is 0.293. The highest BCUT2D eigenvalue weighted by atomic mass is 79.9. The van der Waals surface area contributed by atoms with Crippen molar-refractivity contribution in [3.05, 3.63) is 34.3 Å². The highest BCUT2D eigenvalue weighted by Gasteiger charge is 2.21. The van der Waals surface area contributed by atoms with Crippen LogP contribution < -0.4 is 5.32 Å². The second-order valence-electron chi connectivity index (χ2n) is 5.12. The maximum Gasteiger partial charge on any atom is 0.0791 e. The van der Waals surface area contributed by atoms with Crippen LogP contribution >= 0.6 is 15.9 Å². The molecule has 0 spiro atoms. The Hall–Kier alpha value is -0.420. The van der Waals surface area contributed by atoms with Gasteiger partial charge < -0.3 is 10.4 Å². The van der Waals surface area contributed by atoms with E-state index in [0.29, 0.717) is 19.1 Å². The Morgan fingerprint density at radius 3 is 2.83 bits per heavy atom. The van der Waals surface area contributed by atoms with Gasteiger partial charge in [0.05, 0.1) is 6.10 Å². The summed E-state index contributed by atoms with van der Waals surface area (Å²) in [7, 11) is 2.04. The molecule has 3 nitrogen and oxygen atoms in total. The molecule has 1 atom stereocenters. The Labute approximate surface area is 117 Å². The van der Waals surface area contributed by atoms with Crippen LogP contribution in [0.4, 0.5) is 0 Å². The zero-order valence-corrected chi connectivity index (χ0v) is 12.4. The first-order chi connectivity index (χ1) is 8.65. The van der Waals surface area contributed by atoms with Gasteiger partial charge in [0.25, 0.3) is 0 Å². The zero-order valence-electron chi connectivity index (χ0n) is 10.8. The normalized spacial score (nSPS) is 17.1. The molecule has 0 saturated heterocycles. The lowest BCUT2D eigenvalue weighted by Crippen LogP contribution is -2.37. The van der Waals surface area contributed by atoms with E-state index >= 15 is 0 Å². The van der Waals surface area contributed by atoms with Gasteiger partial charge in [0.2, 0.25) is 0 Å². The van der Waals surface area contributed by atoms with Crippen LogP contribution in [0.2, 0.25) is 0 Å². The van der Waals surface area contributed by atoms with Crippen molar-refractivity contribution in [1.29, 1.82) is 0 Å². The summed E-state index contributed by atoms with van der Waals surface area (Å²) in [5, 5.41) is 13.3. The van der Waals surface area contributed by atoms with Crippen LogP contribution in [0, 0.1) is 0 Å². The first kappa shape index (κ1) is 14.0. The Bertz CT molecular complexity index is 382. The number of halogens is 1. The lowest BCUT2D eigenvalue weighted by molar-refractivity contribution is 0.121. The summed E-state index contributed by atoms with van der Waals surface area (Å²) in [6.45, 7) is 2.24. The summed E-state index contributed by atoms with van der Waals surface area (Å²) < 4.78 is 1.13. The Morgan fingerprint density at radius 1 is 1.44 bits per heavy atom. The van der Waals surface area contributed by atoms with Gasteiger partial charge in [-0.3, -0.25) is 4.90 Å². The van der Waals surface area contributed by atoms with Crippen LogP contribution in [0.15, 0.2) is 28.7 Å². The summed E-state index contributed by atoms with van der Waals surface area (Å²) in [5.41, 5.74) is 1.25. The summed E-state index contributed by atoms with van der Waals surface area (Å²) in [6.07, 6.45) is 2.23. The molecule has 2 rings (SSSR count). The quantitative estimate of drug-likeness (QED) is 0.808. The number of nitrogens with zero attached hydrogens (tertiary/aromatic N) is 1. The smallest absolute Gasteiger partial charge is 0.0791 e. The number of rotatable bonds is 7. The molecule has 4 heteroatoms. The number of hydrogen-bond donors (Lipinski definition) is 2. The average Bonchev–Trinajstić information content (AvgIpc) is 3.13. The van der Waals surface area contributed by atoms with Gasteiger partial charge in [0.1, 0.15) is 0 Å². The van der Waals surface area contributed by atoms with Crippen molar-refractivity contribution in [2.24, 2.45) is 0 Å². The third-order valence-corrected chi connectivity index (χ3v) is 3.91. The monoisotopic (exact) mass is 312 g/mol. The van der Waals surface area contributed by atoms with E-state index < -0.39 is 0 Å². The summed E-state index contributed by atoms with van der Waals surface area (Å²) in [4.78, 5) is 2.15. The van der Waals surface area contributed by atoms with Gasteiger partial charge in [-0.25, -0.2) is 0 Å². The number of hydrogen-bond acceptors (Lipinski definition) is 3. The maximum atomic E-state index is 9.93. The lowest BCUT2D eigenvalue weighted by atomic mass is 10.2. The number of aliphatic hydroxyl groups is 1. The minimum atomic E-state index is -0.293. The van der Waals surface area contributed by atoms with E-state index in [1.54, 1.807) is 0 Å². The third-order valence-electron chi connectivity index (χ3n) is 3.14. The highest BCUT2D eigenvalue weighted by Crippen LogP contribution is 2.19. The molecule has 0 aliphatic heterocycles. The third kappa shape index (κ3) is 4.69. The Balaban J connectivity index is 1.73. The zero-order chi connectivity index (χ0) is 13.0. The Morgan fingerprint density at radius 2 is 2.17 bits per heavy atom. The SMILES string of the molecule is CN(Cc1ccccc1Br)CC(O)CNC1CC1. The van der Waals surface area contributed by atoms with Crippen LogP contribution in [0.1, 0.15) is 18.4 Å². The first-order valence-corrected chi connectivity index (χ1v) is 7.28. The molecule has 2 N–H and O–H groups in total. The molecular formula is C14H21BrN2O. The van der Waals surface area contributed by atoms with Crippen LogP contribution in [-0.2, 0) is 6.54 Å². The number of benzene rings is 1. The molecule has 100 valence electrons. The molecule has 0 bridgehead atoms. The molecule has 0 radical (unpaired) electrons. The molecule has 1 aliphatic rings. The number of likely N-dealkylation sites (N-methyl/N-ethyl adjacent to an activating group) is 1. The molecule has 1 fully saturated rings. The molecule has 1 aromatic rings. The van der Waals surface area contributed by atoms with Crippen molar-refractivity contribution >= 4 is 15.9 Å². The minimum Gasteiger partial charge on any atom is -0.390 e. The number of aliphatic hydroxyl groups excluding tert-OH is 1. The molecule has 0 heterocycles. The average molecular weight is 313 g/mol. The lowest BCUT2D eigenvalue weighted by Gasteiger charge is -2.21. The van der Waals surface area contributed by atoms with E-state index in [1.165, 1.54) is 18.4 Å². The molecule has 18 heavy (non-hydrogen) atoms. The fourth-order valence-electron chi connectivity index (χ4n) is 2.00. The molecule has 0 amide bonds. The van der Waals surface area contributed by atoms with Gasteiger partial charge in [-0.1, -0.05) is 34.1 Å². The van der Waals surface area contributed by atoms with Crippen molar-refractivity contribution in [2.75, 3.05) is 20.1 Å². The van der Waals surface area contributed by atoms with E-state index in [4.69, 9.17) is 0 Å². The fourth-order valence-corrected chi connectivity index (χ4v) is 2.41.